The van der Waals surface area contributed by atoms with Crippen LogP contribution in [0.5, 0.6) is 5.75 Å². The Hall–Kier alpha value is -3.02. The summed E-state index contributed by atoms with van der Waals surface area (Å²) in [6.45, 7) is 4.48. The summed E-state index contributed by atoms with van der Waals surface area (Å²) >= 11 is 1.41. The van der Waals surface area contributed by atoms with Crippen molar-refractivity contribution in [1.82, 2.24) is 19.7 Å². The molecule has 0 saturated carbocycles. The zero-order chi connectivity index (χ0) is 24.4. The third kappa shape index (κ3) is 5.02. The monoisotopic (exact) mass is 499 g/mol. The first-order valence-electron chi connectivity index (χ1n) is 11.6. The predicted octanol–water partition coefficient (Wildman–Crippen LogP) is 5.02. The number of non-ortho nitro benzene ring substituents is 1. The van der Waals surface area contributed by atoms with Gasteiger partial charge >= 0.3 is 0 Å². The van der Waals surface area contributed by atoms with E-state index in [0.717, 1.165) is 37.4 Å². The van der Waals surface area contributed by atoms with E-state index in [0.29, 0.717) is 27.8 Å². The number of halogens is 1. The lowest BCUT2D eigenvalue weighted by atomic mass is 10.1. The molecular formula is C24H26FN5O4S. The molecule has 5 rings (SSSR count). The number of thioether (sulfide) groups is 1. The Morgan fingerprint density at radius 2 is 1.94 bits per heavy atom. The Morgan fingerprint density at radius 1 is 1.17 bits per heavy atom. The topological polar surface area (TPSA) is 95.5 Å². The summed E-state index contributed by atoms with van der Waals surface area (Å²) in [5, 5.41) is 21.1. The highest BCUT2D eigenvalue weighted by Gasteiger charge is 2.27. The van der Waals surface area contributed by atoms with Gasteiger partial charge in [-0.3, -0.25) is 19.6 Å². The number of rotatable bonds is 7. The number of benzene rings is 2. The fourth-order valence-corrected chi connectivity index (χ4v) is 5.51. The molecule has 184 valence electrons. The Morgan fingerprint density at radius 3 is 2.69 bits per heavy atom. The second-order valence-electron chi connectivity index (χ2n) is 8.67. The van der Waals surface area contributed by atoms with E-state index < -0.39 is 4.92 Å². The van der Waals surface area contributed by atoms with E-state index >= 15 is 0 Å². The van der Waals surface area contributed by atoms with Gasteiger partial charge in [0, 0.05) is 34.7 Å². The van der Waals surface area contributed by atoms with Gasteiger partial charge in [0.1, 0.15) is 11.6 Å². The van der Waals surface area contributed by atoms with Crippen molar-refractivity contribution in [2.75, 3.05) is 19.9 Å². The van der Waals surface area contributed by atoms with Crippen LogP contribution in [0.4, 0.5) is 10.1 Å². The van der Waals surface area contributed by atoms with Crippen LogP contribution in [0.25, 0.3) is 5.69 Å². The van der Waals surface area contributed by atoms with Gasteiger partial charge in [-0.05, 0) is 57.1 Å². The van der Waals surface area contributed by atoms with Gasteiger partial charge in [-0.15, -0.1) is 10.2 Å². The average molecular weight is 500 g/mol. The molecule has 1 saturated heterocycles. The van der Waals surface area contributed by atoms with Gasteiger partial charge < -0.3 is 9.47 Å². The van der Waals surface area contributed by atoms with Crippen molar-refractivity contribution < 1.29 is 18.8 Å². The molecule has 11 heteroatoms. The van der Waals surface area contributed by atoms with Crippen LogP contribution in [0, 0.1) is 15.9 Å². The fraction of sp³-hybridized carbons (Fsp3) is 0.417. The van der Waals surface area contributed by atoms with Gasteiger partial charge in [-0.1, -0.05) is 18.2 Å². The largest absolute Gasteiger partial charge is 0.467 e. The highest BCUT2D eigenvalue weighted by molar-refractivity contribution is 7.98. The number of likely N-dealkylation sites (tertiary alicyclic amines) is 1. The minimum Gasteiger partial charge on any atom is -0.467 e. The number of nitrogens with zero attached hydrogens (tertiary/aromatic N) is 5. The highest BCUT2D eigenvalue weighted by Crippen LogP contribution is 2.37. The van der Waals surface area contributed by atoms with Gasteiger partial charge in [0.15, 0.2) is 17.8 Å². The summed E-state index contributed by atoms with van der Waals surface area (Å²) in [6.07, 6.45) is 3.53. The van der Waals surface area contributed by atoms with Crippen molar-refractivity contribution in [3.05, 3.63) is 69.3 Å². The third-order valence-corrected chi connectivity index (χ3v) is 7.37. The first-order valence-corrected chi connectivity index (χ1v) is 12.6. The smallest absolute Gasteiger partial charge is 0.270 e. The van der Waals surface area contributed by atoms with Crippen LogP contribution >= 0.6 is 11.8 Å². The van der Waals surface area contributed by atoms with Crippen molar-refractivity contribution in [3.63, 3.8) is 0 Å². The summed E-state index contributed by atoms with van der Waals surface area (Å²) in [5.74, 6) is 1.47. The number of nitro benzene ring substituents is 1. The fourth-order valence-electron chi connectivity index (χ4n) is 4.58. The average Bonchev–Trinajstić information content (AvgIpc) is 3.31. The second kappa shape index (κ2) is 10.3. The van der Waals surface area contributed by atoms with Crippen molar-refractivity contribution in [1.29, 1.82) is 0 Å². The zero-order valence-electron chi connectivity index (χ0n) is 19.4. The standard InChI is InChI=1S/C24H26FN5O4S/c1-16(28-9-3-2-4-10-28)23-26-27-24(29(23)20-7-5-19(25)6-8-20)35-14-18-12-21(30(31)32)11-17-13-33-15-34-22(17)18/h5-8,11-12,16H,2-4,9-10,13-15H2,1H3. The van der Waals surface area contributed by atoms with Crippen molar-refractivity contribution in [3.8, 4) is 11.4 Å². The number of fused-ring (bicyclic) bond motifs is 1. The lowest BCUT2D eigenvalue weighted by Crippen LogP contribution is -2.33. The number of aromatic nitrogens is 3. The van der Waals surface area contributed by atoms with Gasteiger partial charge in [0.2, 0.25) is 0 Å². The summed E-state index contributed by atoms with van der Waals surface area (Å²) in [5.41, 5.74) is 2.11. The van der Waals surface area contributed by atoms with Crippen molar-refractivity contribution in [2.45, 2.75) is 49.7 Å². The molecule has 2 aliphatic rings. The van der Waals surface area contributed by atoms with E-state index in [4.69, 9.17) is 9.47 Å². The minimum absolute atomic E-state index is 0.00661. The zero-order valence-corrected chi connectivity index (χ0v) is 20.2. The van der Waals surface area contributed by atoms with Crippen LogP contribution in [0.3, 0.4) is 0 Å². The summed E-state index contributed by atoms with van der Waals surface area (Å²) in [6, 6.07) is 9.33. The summed E-state index contributed by atoms with van der Waals surface area (Å²) < 4.78 is 26.6. The van der Waals surface area contributed by atoms with Crippen LogP contribution in [0.2, 0.25) is 0 Å². The molecule has 1 unspecified atom stereocenters. The van der Waals surface area contributed by atoms with Gasteiger partial charge in [-0.25, -0.2) is 4.39 Å². The Labute approximate surface area is 206 Å². The number of piperidine rings is 1. The number of hydrogen-bond acceptors (Lipinski definition) is 8. The van der Waals surface area contributed by atoms with Gasteiger partial charge in [-0.2, -0.15) is 0 Å². The lowest BCUT2D eigenvalue weighted by molar-refractivity contribution is -0.385. The lowest BCUT2D eigenvalue weighted by Gasteiger charge is -2.31. The maximum atomic E-state index is 13.7. The van der Waals surface area contributed by atoms with Crippen LogP contribution in [0.15, 0.2) is 41.6 Å². The quantitative estimate of drug-likeness (QED) is 0.254. The normalized spacial score (nSPS) is 17.0. The molecule has 0 aliphatic carbocycles. The molecule has 0 bridgehead atoms. The van der Waals surface area contributed by atoms with E-state index in [2.05, 4.69) is 22.0 Å². The number of ether oxygens (including phenoxy) is 2. The van der Waals surface area contributed by atoms with Crippen LogP contribution in [-0.2, 0) is 17.1 Å². The molecular weight excluding hydrogens is 473 g/mol. The molecule has 3 heterocycles. The van der Waals surface area contributed by atoms with E-state index in [-0.39, 0.29) is 30.9 Å². The molecule has 1 fully saturated rings. The Kier molecular flexibility index (Phi) is 6.98. The van der Waals surface area contributed by atoms with E-state index in [1.165, 1.54) is 42.4 Å². The van der Waals surface area contributed by atoms with Gasteiger partial charge in [0.25, 0.3) is 5.69 Å². The predicted molar refractivity (Wildman–Crippen MR) is 128 cm³/mol. The summed E-state index contributed by atoms with van der Waals surface area (Å²) in [4.78, 5) is 13.4. The molecule has 1 aromatic heterocycles. The molecule has 2 aromatic carbocycles. The Bertz CT molecular complexity index is 1210. The Balaban J connectivity index is 1.48. The van der Waals surface area contributed by atoms with E-state index in [9.17, 15) is 14.5 Å². The van der Waals surface area contributed by atoms with Gasteiger partial charge in [0.05, 0.1) is 17.6 Å². The van der Waals surface area contributed by atoms with Crippen molar-refractivity contribution >= 4 is 17.4 Å². The SMILES string of the molecule is CC(c1nnc(SCc2cc([N+](=O)[O-])cc3c2OCOC3)n1-c1ccc(F)cc1)N1CCCCC1. The first-order chi connectivity index (χ1) is 17.0. The molecule has 3 aromatic rings. The first kappa shape index (κ1) is 23.7. The van der Waals surface area contributed by atoms with Crippen LogP contribution in [0.1, 0.15) is 49.2 Å². The molecule has 1 atom stereocenters. The van der Waals surface area contributed by atoms with E-state index in [1.54, 1.807) is 12.1 Å². The summed E-state index contributed by atoms with van der Waals surface area (Å²) in [7, 11) is 0. The maximum absolute atomic E-state index is 13.7. The molecule has 2 aliphatic heterocycles. The highest BCUT2D eigenvalue weighted by atomic mass is 32.2. The molecule has 0 spiro atoms. The molecule has 0 radical (unpaired) electrons. The molecule has 0 N–H and O–H groups in total. The number of hydrogen-bond donors (Lipinski definition) is 0. The minimum atomic E-state index is -0.414. The van der Waals surface area contributed by atoms with Crippen LogP contribution < -0.4 is 4.74 Å². The van der Waals surface area contributed by atoms with E-state index in [1.807, 2.05) is 4.57 Å². The van der Waals surface area contributed by atoms with Crippen LogP contribution in [-0.4, -0.2) is 44.5 Å². The maximum Gasteiger partial charge on any atom is 0.270 e. The van der Waals surface area contributed by atoms with Crippen molar-refractivity contribution in [2.24, 2.45) is 0 Å². The molecule has 0 amide bonds. The number of nitro groups is 1. The molecule has 35 heavy (non-hydrogen) atoms. The molecule has 9 nitrogen and oxygen atoms in total. The second-order valence-corrected chi connectivity index (χ2v) is 9.62. The third-order valence-electron chi connectivity index (χ3n) is 6.39.